The van der Waals surface area contributed by atoms with Crippen molar-refractivity contribution in [2.75, 3.05) is 12.0 Å². The number of benzene rings is 3. The zero-order chi connectivity index (χ0) is 20.4. The van der Waals surface area contributed by atoms with Gasteiger partial charge in [-0.3, -0.25) is 9.69 Å². The minimum Gasteiger partial charge on any atom is -0.497 e. The first-order valence-electron chi connectivity index (χ1n) is 9.43. The Morgan fingerprint density at radius 1 is 1.00 bits per heavy atom. The van der Waals surface area contributed by atoms with Crippen molar-refractivity contribution in [2.45, 2.75) is 20.4 Å². The molecule has 0 aliphatic rings. The predicted molar refractivity (Wildman–Crippen MR) is 119 cm³/mol. The average Bonchev–Trinajstić information content (AvgIpc) is 3.15. The van der Waals surface area contributed by atoms with Gasteiger partial charge in [0.05, 0.1) is 23.9 Å². The molecule has 1 heterocycles. The maximum atomic E-state index is 13.5. The number of methoxy groups -OCH3 is 1. The molecule has 1 amide bonds. The number of carbonyl (C=O) groups is 1. The number of carbonyl (C=O) groups excluding carboxylic acids is 1. The van der Waals surface area contributed by atoms with Gasteiger partial charge in [0.25, 0.3) is 5.91 Å². The number of aryl methyl sites for hydroxylation is 2. The zero-order valence-electron chi connectivity index (χ0n) is 16.7. The van der Waals surface area contributed by atoms with E-state index in [0.717, 1.165) is 15.8 Å². The second-order valence-corrected chi connectivity index (χ2v) is 8.02. The number of thiazole rings is 1. The minimum absolute atomic E-state index is 0.0970. The van der Waals surface area contributed by atoms with Crippen molar-refractivity contribution in [3.8, 4) is 5.75 Å². The summed E-state index contributed by atoms with van der Waals surface area (Å²) in [6, 6.07) is 21.4. The van der Waals surface area contributed by atoms with Crippen LogP contribution >= 0.6 is 11.3 Å². The molecular weight excluding hydrogens is 380 g/mol. The third kappa shape index (κ3) is 4.00. The lowest BCUT2D eigenvalue weighted by Gasteiger charge is -2.20. The van der Waals surface area contributed by atoms with Gasteiger partial charge in [-0.2, -0.15) is 0 Å². The molecule has 4 nitrogen and oxygen atoms in total. The van der Waals surface area contributed by atoms with Gasteiger partial charge >= 0.3 is 0 Å². The van der Waals surface area contributed by atoms with Crippen LogP contribution in [-0.2, 0) is 6.54 Å². The highest BCUT2D eigenvalue weighted by molar-refractivity contribution is 7.22. The summed E-state index contributed by atoms with van der Waals surface area (Å²) >= 11 is 1.54. The van der Waals surface area contributed by atoms with Crippen molar-refractivity contribution in [3.63, 3.8) is 0 Å². The van der Waals surface area contributed by atoms with Gasteiger partial charge in [0, 0.05) is 5.56 Å². The van der Waals surface area contributed by atoms with Crippen LogP contribution in [0.15, 0.2) is 66.7 Å². The molecule has 0 fully saturated rings. The summed E-state index contributed by atoms with van der Waals surface area (Å²) in [5, 5.41) is 0.696. The van der Waals surface area contributed by atoms with E-state index in [1.165, 1.54) is 11.1 Å². The van der Waals surface area contributed by atoms with Crippen LogP contribution in [0.5, 0.6) is 5.75 Å². The van der Waals surface area contributed by atoms with E-state index >= 15 is 0 Å². The molecule has 0 spiro atoms. The second kappa shape index (κ2) is 8.05. The highest BCUT2D eigenvalue weighted by atomic mass is 32.1. The topological polar surface area (TPSA) is 42.4 Å². The average molecular weight is 403 g/mol. The highest BCUT2D eigenvalue weighted by Gasteiger charge is 2.22. The summed E-state index contributed by atoms with van der Waals surface area (Å²) in [6.07, 6.45) is 0. The standard InChI is InChI=1S/C24H22N2O2S/c1-16-12-21-22(13-17(16)2)29-24(25-21)26(15-18-8-5-4-6-9-18)23(27)19-10-7-11-20(14-19)28-3/h4-14H,15H2,1-3H3. The van der Waals surface area contributed by atoms with Gasteiger partial charge in [-0.25, -0.2) is 4.98 Å². The number of hydrogen-bond acceptors (Lipinski definition) is 4. The van der Waals surface area contributed by atoms with E-state index < -0.39 is 0 Å². The number of rotatable bonds is 5. The molecular formula is C24H22N2O2S. The van der Waals surface area contributed by atoms with Crippen LogP contribution in [0.2, 0.25) is 0 Å². The zero-order valence-corrected chi connectivity index (χ0v) is 17.5. The SMILES string of the molecule is COc1cccc(C(=O)N(Cc2ccccc2)c2nc3cc(C)c(C)cc3s2)c1. The van der Waals surface area contributed by atoms with Crippen LogP contribution in [0.1, 0.15) is 27.0 Å². The Hall–Kier alpha value is -3.18. The van der Waals surface area contributed by atoms with Gasteiger partial charge < -0.3 is 4.74 Å². The van der Waals surface area contributed by atoms with Crippen LogP contribution in [-0.4, -0.2) is 18.0 Å². The Morgan fingerprint density at radius 3 is 2.52 bits per heavy atom. The Morgan fingerprint density at radius 2 is 1.76 bits per heavy atom. The monoisotopic (exact) mass is 402 g/mol. The minimum atomic E-state index is -0.0970. The lowest BCUT2D eigenvalue weighted by atomic mass is 10.1. The molecule has 29 heavy (non-hydrogen) atoms. The largest absolute Gasteiger partial charge is 0.497 e. The maximum absolute atomic E-state index is 13.5. The van der Waals surface area contributed by atoms with Crippen LogP contribution in [0.3, 0.4) is 0 Å². The number of hydrogen-bond donors (Lipinski definition) is 0. The smallest absolute Gasteiger partial charge is 0.260 e. The van der Waals surface area contributed by atoms with Crippen LogP contribution in [0, 0.1) is 13.8 Å². The molecule has 0 saturated heterocycles. The van der Waals surface area contributed by atoms with Crippen molar-refractivity contribution < 1.29 is 9.53 Å². The summed E-state index contributed by atoms with van der Waals surface area (Å²) in [6.45, 7) is 4.63. The quantitative estimate of drug-likeness (QED) is 0.426. The van der Waals surface area contributed by atoms with Crippen molar-refractivity contribution in [1.82, 2.24) is 4.98 Å². The molecule has 4 rings (SSSR count). The number of nitrogens with zero attached hydrogens (tertiary/aromatic N) is 2. The van der Waals surface area contributed by atoms with E-state index in [1.807, 2.05) is 48.5 Å². The lowest BCUT2D eigenvalue weighted by Crippen LogP contribution is -2.30. The second-order valence-electron chi connectivity index (χ2n) is 7.01. The Kier molecular flexibility index (Phi) is 5.32. The summed E-state index contributed by atoms with van der Waals surface area (Å²) in [7, 11) is 1.60. The summed E-state index contributed by atoms with van der Waals surface area (Å²) in [5.41, 5.74) is 4.97. The lowest BCUT2D eigenvalue weighted by molar-refractivity contribution is 0.0985. The van der Waals surface area contributed by atoms with Crippen molar-refractivity contribution in [3.05, 3.63) is 89.0 Å². The van der Waals surface area contributed by atoms with Gasteiger partial charge in [-0.05, 0) is 60.9 Å². The molecule has 0 atom stereocenters. The fraction of sp³-hybridized carbons (Fsp3) is 0.167. The van der Waals surface area contributed by atoms with E-state index in [0.29, 0.717) is 23.0 Å². The molecule has 3 aromatic carbocycles. The number of fused-ring (bicyclic) bond motifs is 1. The van der Waals surface area contributed by atoms with Crippen molar-refractivity contribution in [2.24, 2.45) is 0 Å². The molecule has 0 radical (unpaired) electrons. The first-order valence-corrected chi connectivity index (χ1v) is 10.2. The number of ether oxygens (including phenoxy) is 1. The first-order chi connectivity index (χ1) is 14.0. The summed E-state index contributed by atoms with van der Waals surface area (Å²) < 4.78 is 6.38. The fourth-order valence-corrected chi connectivity index (χ4v) is 4.23. The maximum Gasteiger partial charge on any atom is 0.260 e. The van der Waals surface area contributed by atoms with E-state index in [4.69, 9.17) is 9.72 Å². The molecule has 0 unspecified atom stereocenters. The van der Waals surface area contributed by atoms with E-state index in [9.17, 15) is 4.79 Å². The molecule has 0 saturated carbocycles. The van der Waals surface area contributed by atoms with E-state index in [-0.39, 0.29) is 5.91 Å². The van der Waals surface area contributed by atoms with Crippen molar-refractivity contribution >= 4 is 32.6 Å². The highest BCUT2D eigenvalue weighted by Crippen LogP contribution is 2.32. The molecule has 146 valence electrons. The molecule has 0 N–H and O–H groups in total. The Balaban J connectivity index is 1.78. The van der Waals surface area contributed by atoms with Crippen LogP contribution in [0.25, 0.3) is 10.2 Å². The van der Waals surface area contributed by atoms with Gasteiger partial charge in [-0.15, -0.1) is 0 Å². The summed E-state index contributed by atoms with van der Waals surface area (Å²) in [4.78, 5) is 20.0. The van der Waals surface area contributed by atoms with Gasteiger partial charge in [0.1, 0.15) is 5.75 Å². The molecule has 5 heteroatoms. The Labute approximate surface area is 174 Å². The third-order valence-electron chi connectivity index (χ3n) is 4.97. The third-order valence-corrected chi connectivity index (χ3v) is 6.01. The predicted octanol–water partition coefficient (Wildman–Crippen LogP) is 5.77. The summed E-state index contributed by atoms with van der Waals surface area (Å²) in [5.74, 6) is 0.561. The molecule has 0 bridgehead atoms. The Bertz CT molecular complexity index is 1130. The number of anilines is 1. The van der Waals surface area contributed by atoms with Crippen LogP contribution in [0.4, 0.5) is 5.13 Å². The normalized spacial score (nSPS) is 10.9. The molecule has 4 aromatic rings. The van der Waals surface area contributed by atoms with Gasteiger partial charge in [0.15, 0.2) is 5.13 Å². The fourth-order valence-electron chi connectivity index (χ4n) is 3.19. The number of amides is 1. The molecule has 1 aromatic heterocycles. The van der Waals surface area contributed by atoms with Crippen molar-refractivity contribution in [1.29, 1.82) is 0 Å². The van der Waals surface area contributed by atoms with Gasteiger partial charge in [0.2, 0.25) is 0 Å². The number of aromatic nitrogens is 1. The van der Waals surface area contributed by atoms with E-state index in [1.54, 1.807) is 29.4 Å². The molecule has 0 aliphatic heterocycles. The van der Waals surface area contributed by atoms with E-state index in [2.05, 4.69) is 26.0 Å². The van der Waals surface area contributed by atoms with Gasteiger partial charge in [-0.1, -0.05) is 47.7 Å². The molecule has 0 aliphatic carbocycles. The first kappa shape index (κ1) is 19.2. The van der Waals surface area contributed by atoms with Crippen LogP contribution < -0.4 is 9.64 Å².